The van der Waals surface area contributed by atoms with Gasteiger partial charge in [0.1, 0.15) is 0 Å². The maximum absolute atomic E-state index is 12.3. The standard InChI is InChI=1S/C20H23ClN2O2/c1-14(19-6-3-11-25-19)22-13-15-4-2-5-18(12-15)23-20(24)16-7-9-17(21)10-8-16/h2,4-5,7-10,12,14,19,22H,3,6,11,13H2,1H3,(H,23,24). The molecular formula is C20H23ClN2O2. The van der Waals surface area contributed by atoms with Crippen molar-refractivity contribution in [3.05, 3.63) is 64.7 Å². The van der Waals surface area contributed by atoms with Crippen molar-refractivity contribution in [2.24, 2.45) is 0 Å². The van der Waals surface area contributed by atoms with E-state index in [4.69, 9.17) is 16.3 Å². The van der Waals surface area contributed by atoms with Crippen LogP contribution in [0.5, 0.6) is 0 Å². The van der Waals surface area contributed by atoms with E-state index in [0.29, 0.717) is 22.7 Å². The van der Waals surface area contributed by atoms with Crippen LogP contribution in [0.2, 0.25) is 5.02 Å². The maximum Gasteiger partial charge on any atom is 0.255 e. The highest BCUT2D eigenvalue weighted by molar-refractivity contribution is 6.30. The summed E-state index contributed by atoms with van der Waals surface area (Å²) in [4.78, 5) is 12.3. The summed E-state index contributed by atoms with van der Waals surface area (Å²) in [5.41, 5.74) is 2.49. The second kappa shape index (κ2) is 8.48. The van der Waals surface area contributed by atoms with Gasteiger partial charge in [-0.2, -0.15) is 0 Å². The van der Waals surface area contributed by atoms with Crippen molar-refractivity contribution < 1.29 is 9.53 Å². The highest BCUT2D eigenvalue weighted by Gasteiger charge is 2.21. The summed E-state index contributed by atoms with van der Waals surface area (Å²) < 4.78 is 5.71. The maximum atomic E-state index is 12.3. The molecule has 0 saturated carbocycles. The minimum atomic E-state index is -0.144. The van der Waals surface area contributed by atoms with E-state index in [0.717, 1.165) is 37.2 Å². The molecule has 3 rings (SSSR count). The number of hydrogen-bond donors (Lipinski definition) is 2. The number of nitrogens with one attached hydrogen (secondary N) is 2. The Hall–Kier alpha value is -1.88. The average Bonchev–Trinajstić information content (AvgIpc) is 3.15. The largest absolute Gasteiger partial charge is 0.377 e. The van der Waals surface area contributed by atoms with Crippen LogP contribution in [-0.4, -0.2) is 24.7 Å². The first kappa shape index (κ1) is 17.9. The predicted molar refractivity (Wildman–Crippen MR) is 101 cm³/mol. The normalized spacial score (nSPS) is 18.1. The molecule has 2 N–H and O–H groups in total. The van der Waals surface area contributed by atoms with Gasteiger partial charge in [0.2, 0.25) is 0 Å². The van der Waals surface area contributed by atoms with Gasteiger partial charge in [-0.3, -0.25) is 4.79 Å². The molecule has 1 aliphatic rings. The van der Waals surface area contributed by atoms with Gasteiger partial charge in [-0.25, -0.2) is 0 Å². The Labute approximate surface area is 153 Å². The topological polar surface area (TPSA) is 50.4 Å². The summed E-state index contributed by atoms with van der Waals surface area (Å²) in [6, 6.07) is 15.0. The average molecular weight is 359 g/mol. The zero-order chi connectivity index (χ0) is 17.6. The van der Waals surface area contributed by atoms with Crippen molar-refractivity contribution in [3.8, 4) is 0 Å². The number of benzene rings is 2. The van der Waals surface area contributed by atoms with Crippen molar-refractivity contribution in [1.82, 2.24) is 5.32 Å². The molecule has 1 fully saturated rings. The van der Waals surface area contributed by atoms with E-state index >= 15 is 0 Å². The molecule has 0 aliphatic carbocycles. The van der Waals surface area contributed by atoms with E-state index in [1.807, 2.05) is 24.3 Å². The van der Waals surface area contributed by atoms with Gasteiger partial charge in [0.25, 0.3) is 5.91 Å². The van der Waals surface area contributed by atoms with E-state index in [2.05, 4.69) is 17.6 Å². The molecule has 2 aromatic rings. The predicted octanol–water partition coefficient (Wildman–Crippen LogP) is 4.25. The molecule has 2 atom stereocenters. The van der Waals surface area contributed by atoms with Crippen LogP contribution in [0.25, 0.3) is 0 Å². The van der Waals surface area contributed by atoms with Gasteiger partial charge in [-0.1, -0.05) is 23.7 Å². The third-order valence-electron chi connectivity index (χ3n) is 4.44. The molecule has 1 amide bonds. The lowest BCUT2D eigenvalue weighted by Gasteiger charge is -2.20. The summed E-state index contributed by atoms with van der Waals surface area (Å²) in [5, 5.41) is 7.05. The van der Waals surface area contributed by atoms with Crippen LogP contribution in [0.3, 0.4) is 0 Å². The lowest BCUT2D eigenvalue weighted by molar-refractivity contribution is 0.0832. The first-order valence-electron chi connectivity index (χ1n) is 8.62. The number of rotatable bonds is 6. The van der Waals surface area contributed by atoms with Gasteiger partial charge in [0, 0.05) is 35.5 Å². The smallest absolute Gasteiger partial charge is 0.255 e. The molecule has 0 radical (unpaired) electrons. The van der Waals surface area contributed by atoms with E-state index < -0.39 is 0 Å². The molecule has 0 spiro atoms. The number of ether oxygens (including phenoxy) is 1. The Morgan fingerprint density at radius 2 is 2.08 bits per heavy atom. The van der Waals surface area contributed by atoms with Gasteiger partial charge in [-0.05, 0) is 61.7 Å². The number of amides is 1. The van der Waals surface area contributed by atoms with Gasteiger partial charge in [-0.15, -0.1) is 0 Å². The summed E-state index contributed by atoms with van der Waals surface area (Å²) >= 11 is 5.86. The molecule has 0 bridgehead atoms. The van der Waals surface area contributed by atoms with Crippen LogP contribution in [-0.2, 0) is 11.3 Å². The van der Waals surface area contributed by atoms with E-state index in [1.165, 1.54) is 0 Å². The number of halogens is 1. The van der Waals surface area contributed by atoms with Gasteiger partial charge < -0.3 is 15.4 Å². The molecule has 5 heteroatoms. The van der Waals surface area contributed by atoms with Gasteiger partial charge in [0.05, 0.1) is 6.10 Å². The minimum Gasteiger partial charge on any atom is -0.377 e. The monoisotopic (exact) mass is 358 g/mol. The van der Waals surface area contributed by atoms with Crippen LogP contribution in [0.4, 0.5) is 5.69 Å². The summed E-state index contributed by atoms with van der Waals surface area (Å²) in [5.74, 6) is -0.144. The van der Waals surface area contributed by atoms with E-state index in [1.54, 1.807) is 24.3 Å². The number of carbonyl (C=O) groups excluding carboxylic acids is 1. The Kier molecular flexibility index (Phi) is 6.08. The first-order chi connectivity index (χ1) is 12.1. The zero-order valence-corrected chi connectivity index (χ0v) is 15.1. The molecule has 0 aromatic heterocycles. The Morgan fingerprint density at radius 1 is 1.28 bits per heavy atom. The minimum absolute atomic E-state index is 0.144. The SMILES string of the molecule is CC(NCc1cccc(NC(=O)c2ccc(Cl)cc2)c1)C1CCCO1. The lowest BCUT2D eigenvalue weighted by atomic mass is 10.1. The molecule has 2 aromatic carbocycles. The third kappa shape index (κ3) is 5.05. The molecular weight excluding hydrogens is 336 g/mol. The Morgan fingerprint density at radius 3 is 2.80 bits per heavy atom. The first-order valence-corrected chi connectivity index (χ1v) is 9.00. The van der Waals surface area contributed by atoms with Crippen LogP contribution in [0.1, 0.15) is 35.7 Å². The van der Waals surface area contributed by atoms with Crippen molar-refractivity contribution >= 4 is 23.2 Å². The van der Waals surface area contributed by atoms with Crippen LogP contribution in [0, 0.1) is 0 Å². The van der Waals surface area contributed by atoms with E-state index in [-0.39, 0.29) is 5.91 Å². The van der Waals surface area contributed by atoms with Crippen molar-refractivity contribution in [3.63, 3.8) is 0 Å². The van der Waals surface area contributed by atoms with Gasteiger partial charge in [0.15, 0.2) is 0 Å². The zero-order valence-electron chi connectivity index (χ0n) is 14.3. The summed E-state index contributed by atoms with van der Waals surface area (Å²) in [6.07, 6.45) is 2.56. The summed E-state index contributed by atoms with van der Waals surface area (Å²) in [6.45, 7) is 3.76. The van der Waals surface area contributed by atoms with Crippen molar-refractivity contribution in [2.75, 3.05) is 11.9 Å². The fraction of sp³-hybridized carbons (Fsp3) is 0.350. The second-order valence-corrected chi connectivity index (χ2v) is 6.82. The van der Waals surface area contributed by atoms with Crippen LogP contribution >= 0.6 is 11.6 Å². The fourth-order valence-corrected chi connectivity index (χ4v) is 3.10. The molecule has 1 heterocycles. The van der Waals surface area contributed by atoms with Crippen LogP contribution < -0.4 is 10.6 Å². The Balaban J connectivity index is 1.57. The number of carbonyl (C=O) groups is 1. The lowest BCUT2D eigenvalue weighted by Crippen LogP contribution is -2.36. The molecule has 132 valence electrons. The highest BCUT2D eigenvalue weighted by atomic mass is 35.5. The second-order valence-electron chi connectivity index (χ2n) is 6.38. The van der Waals surface area contributed by atoms with Crippen LogP contribution in [0.15, 0.2) is 48.5 Å². The molecule has 1 aliphatic heterocycles. The fourth-order valence-electron chi connectivity index (χ4n) is 2.97. The van der Waals surface area contributed by atoms with Crippen molar-refractivity contribution in [1.29, 1.82) is 0 Å². The van der Waals surface area contributed by atoms with E-state index in [9.17, 15) is 4.79 Å². The molecule has 2 unspecified atom stereocenters. The Bertz CT molecular complexity index is 712. The van der Waals surface area contributed by atoms with Crippen molar-refractivity contribution in [2.45, 2.75) is 38.5 Å². The van der Waals surface area contributed by atoms with Gasteiger partial charge >= 0.3 is 0 Å². The quantitative estimate of drug-likeness (QED) is 0.811. The molecule has 4 nitrogen and oxygen atoms in total. The number of anilines is 1. The molecule has 25 heavy (non-hydrogen) atoms. The highest BCUT2D eigenvalue weighted by Crippen LogP contribution is 2.17. The third-order valence-corrected chi connectivity index (χ3v) is 4.69. The number of hydrogen-bond acceptors (Lipinski definition) is 3. The molecule has 1 saturated heterocycles. The summed E-state index contributed by atoms with van der Waals surface area (Å²) in [7, 11) is 0.